The zero-order valence-electron chi connectivity index (χ0n) is 9.34. The van der Waals surface area contributed by atoms with Crippen LogP contribution in [0.15, 0.2) is 46.9 Å². The van der Waals surface area contributed by atoms with Gasteiger partial charge in [0.15, 0.2) is 5.69 Å². The zero-order valence-corrected chi connectivity index (χ0v) is 10.9. The summed E-state index contributed by atoms with van der Waals surface area (Å²) in [7, 11) is 0. The maximum atomic E-state index is 10.7. The van der Waals surface area contributed by atoms with Crippen molar-refractivity contribution in [3.63, 3.8) is 0 Å². The number of benzene rings is 1. The lowest BCUT2D eigenvalue weighted by atomic mass is 10.2. The molecule has 5 heteroatoms. The third kappa shape index (κ3) is 3.30. The van der Waals surface area contributed by atoms with E-state index in [9.17, 15) is 4.79 Å². The molecular weight excluding hydrogens is 298 g/mol. The molecule has 0 amide bonds. The zero-order chi connectivity index (χ0) is 13.0. The molecule has 0 spiro atoms. The lowest BCUT2D eigenvalue weighted by molar-refractivity contribution is 0.0689. The molecular formula is C13H10BrNO3. The summed E-state index contributed by atoms with van der Waals surface area (Å²) in [6.45, 7) is 0.343. The number of carboxylic acids is 1. The highest BCUT2D eigenvalue weighted by atomic mass is 79.9. The minimum Gasteiger partial charge on any atom is -0.477 e. The molecule has 1 aromatic heterocycles. The monoisotopic (exact) mass is 307 g/mol. The molecule has 4 nitrogen and oxygen atoms in total. The van der Waals surface area contributed by atoms with Gasteiger partial charge in [-0.2, -0.15) is 0 Å². The minimum atomic E-state index is -1.07. The summed E-state index contributed by atoms with van der Waals surface area (Å²) in [5.74, 6) is -0.766. The van der Waals surface area contributed by atoms with Crippen LogP contribution in [0, 0.1) is 0 Å². The molecule has 0 aliphatic rings. The first-order chi connectivity index (χ1) is 8.65. The molecule has 2 aromatic rings. The normalized spacial score (nSPS) is 10.1. The van der Waals surface area contributed by atoms with Gasteiger partial charge >= 0.3 is 5.97 Å². The van der Waals surface area contributed by atoms with E-state index in [2.05, 4.69) is 20.9 Å². The Labute approximate surface area is 112 Å². The van der Waals surface area contributed by atoms with E-state index >= 15 is 0 Å². The smallest absolute Gasteiger partial charge is 0.354 e. The second kappa shape index (κ2) is 5.64. The van der Waals surface area contributed by atoms with E-state index in [1.165, 1.54) is 6.07 Å². The van der Waals surface area contributed by atoms with Crippen molar-refractivity contribution in [2.45, 2.75) is 6.61 Å². The Morgan fingerprint density at radius 3 is 2.78 bits per heavy atom. The van der Waals surface area contributed by atoms with E-state index < -0.39 is 5.97 Å². The van der Waals surface area contributed by atoms with Gasteiger partial charge in [0.25, 0.3) is 0 Å². The number of carbonyl (C=O) groups is 1. The van der Waals surface area contributed by atoms with Gasteiger partial charge in [0, 0.05) is 10.5 Å². The van der Waals surface area contributed by atoms with Crippen LogP contribution >= 0.6 is 15.9 Å². The fourth-order valence-corrected chi connectivity index (χ4v) is 1.84. The Morgan fingerprint density at radius 2 is 2.06 bits per heavy atom. The predicted molar refractivity (Wildman–Crippen MR) is 69.7 cm³/mol. The van der Waals surface area contributed by atoms with E-state index in [1.807, 2.05) is 24.3 Å². The number of aromatic nitrogens is 1. The summed E-state index contributed by atoms with van der Waals surface area (Å²) >= 11 is 3.37. The molecule has 0 bridgehead atoms. The molecule has 0 aliphatic carbocycles. The Hall–Kier alpha value is -1.88. The van der Waals surface area contributed by atoms with E-state index in [1.54, 1.807) is 12.1 Å². The van der Waals surface area contributed by atoms with Crippen molar-refractivity contribution >= 4 is 21.9 Å². The Kier molecular flexibility index (Phi) is 3.94. The van der Waals surface area contributed by atoms with E-state index in [0.29, 0.717) is 12.5 Å². The van der Waals surface area contributed by atoms with Gasteiger partial charge in [-0.3, -0.25) is 0 Å². The number of pyridine rings is 1. The molecule has 2 rings (SSSR count). The van der Waals surface area contributed by atoms with Crippen LogP contribution in [0.3, 0.4) is 0 Å². The number of hydrogen-bond donors (Lipinski definition) is 1. The molecule has 0 fully saturated rings. The Balaban J connectivity index is 2.06. The highest BCUT2D eigenvalue weighted by Crippen LogP contribution is 2.14. The van der Waals surface area contributed by atoms with Gasteiger partial charge < -0.3 is 9.84 Å². The fraction of sp³-hybridized carbons (Fsp3) is 0.0769. The molecule has 0 saturated carbocycles. The number of rotatable bonds is 4. The van der Waals surface area contributed by atoms with Crippen molar-refractivity contribution in [2.24, 2.45) is 0 Å². The van der Waals surface area contributed by atoms with Crippen LogP contribution in [0.2, 0.25) is 0 Å². The molecule has 1 heterocycles. The second-order valence-corrected chi connectivity index (χ2v) is 4.50. The van der Waals surface area contributed by atoms with Gasteiger partial charge in [-0.15, -0.1) is 0 Å². The number of halogens is 1. The molecule has 0 radical (unpaired) electrons. The molecule has 92 valence electrons. The number of ether oxygens (including phenoxy) is 1. The van der Waals surface area contributed by atoms with Crippen molar-refractivity contribution < 1.29 is 14.6 Å². The molecule has 0 saturated heterocycles. The van der Waals surface area contributed by atoms with Crippen LogP contribution < -0.4 is 4.74 Å². The average Bonchev–Trinajstić information content (AvgIpc) is 2.37. The number of carboxylic acid groups (broad SMARTS) is 1. The number of nitrogens with zero attached hydrogens (tertiary/aromatic N) is 1. The van der Waals surface area contributed by atoms with Gasteiger partial charge in [0.05, 0.1) is 0 Å². The van der Waals surface area contributed by atoms with Crippen LogP contribution in [0.25, 0.3) is 0 Å². The fourth-order valence-electron chi connectivity index (χ4n) is 1.40. The molecule has 0 unspecified atom stereocenters. The van der Waals surface area contributed by atoms with Crippen LogP contribution in [0.5, 0.6) is 5.88 Å². The SMILES string of the molecule is O=C(O)c1cccc(OCc2cccc(Br)c2)n1. The maximum Gasteiger partial charge on any atom is 0.354 e. The van der Waals surface area contributed by atoms with Crippen molar-refractivity contribution in [2.75, 3.05) is 0 Å². The van der Waals surface area contributed by atoms with Gasteiger partial charge in [-0.25, -0.2) is 9.78 Å². The van der Waals surface area contributed by atoms with Gasteiger partial charge in [-0.05, 0) is 23.8 Å². The van der Waals surface area contributed by atoms with Gasteiger partial charge in [0.2, 0.25) is 5.88 Å². The first-order valence-corrected chi connectivity index (χ1v) is 6.02. The van der Waals surface area contributed by atoms with Crippen LogP contribution in [-0.4, -0.2) is 16.1 Å². The van der Waals surface area contributed by atoms with E-state index in [-0.39, 0.29) is 5.69 Å². The minimum absolute atomic E-state index is 0.0262. The van der Waals surface area contributed by atoms with Gasteiger partial charge in [0.1, 0.15) is 6.61 Å². The number of hydrogen-bond acceptors (Lipinski definition) is 3. The lowest BCUT2D eigenvalue weighted by Crippen LogP contribution is -2.03. The molecule has 0 aliphatic heterocycles. The topological polar surface area (TPSA) is 59.4 Å². The van der Waals surface area contributed by atoms with Crippen molar-refractivity contribution in [1.29, 1.82) is 0 Å². The Morgan fingerprint density at radius 1 is 1.28 bits per heavy atom. The summed E-state index contributed by atoms with van der Waals surface area (Å²) in [5.41, 5.74) is 0.952. The summed E-state index contributed by atoms with van der Waals surface area (Å²) in [5, 5.41) is 8.81. The second-order valence-electron chi connectivity index (χ2n) is 3.58. The molecule has 0 atom stereocenters. The van der Waals surface area contributed by atoms with E-state index in [0.717, 1.165) is 10.0 Å². The van der Waals surface area contributed by atoms with Crippen molar-refractivity contribution in [3.8, 4) is 5.88 Å². The quantitative estimate of drug-likeness (QED) is 0.943. The third-order valence-electron chi connectivity index (χ3n) is 2.22. The standard InChI is InChI=1S/C13H10BrNO3/c14-10-4-1-3-9(7-10)8-18-12-6-2-5-11(15-12)13(16)17/h1-7H,8H2,(H,16,17). The highest BCUT2D eigenvalue weighted by molar-refractivity contribution is 9.10. The Bertz CT molecular complexity index is 572. The highest BCUT2D eigenvalue weighted by Gasteiger charge is 2.05. The third-order valence-corrected chi connectivity index (χ3v) is 2.71. The summed E-state index contributed by atoms with van der Waals surface area (Å²) in [6, 6.07) is 12.3. The lowest BCUT2D eigenvalue weighted by Gasteiger charge is -2.06. The summed E-state index contributed by atoms with van der Waals surface area (Å²) < 4.78 is 6.41. The first-order valence-electron chi connectivity index (χ1n) is 5.23. The number of aromatic carboxylic acids is 1. The molecule has 1 aromatic carbocycles. The van der Waals surface area contributed by atoms with Crippen molar-refractivity contribution in [3.05, 3.63) is 58.2 Å². The predicted octanol–water partition coefficient (Wildman–Crippen LogP) is 3.12. The van der Waals surface area contributed by atoms with Crippen LogP contribution in [0.1, 0.15) is 16.1 Å². The maximum absolute atomic E-state index is 10.7. The summed E-state index contributed by atoms with van der Waals surface area (Å²) in [6.07, 6.45) is 0. The average molecular weight is 308 g/mol. The van der Waals surface area contributed by atoms with E-state index in [4.69, 9.17) is 9.84 Å². The molecule has 1 N–H and O–H groups in total. The van der Waals surface area contributed by atoms with Crippen molar-refractivity contribution in [1.82, 2.24) is 4.98 Å². The first kappa shape index (κ1) is 12.6. The summed E-state index contributed by atoms with van der Waals surface area (Å²) in [4.78, 5) is 14.6. The largest absolute Gasteiger partial charge is 0.477 e. The van der Waals surface area contributed by atoms with Gasteiger partial charge in [-0.1, -0.05) is 34.1 Å². The van der Waals surface area contributed by atoms with Crippen LogP contribution in [0.4, 0.5) is 0 Å². The molecule has 18 heavy (non-hydrogen) atoms. The van der Waals surface area contributed by atoms with Crippen LogP contribution in [-0.2, 0) is 6.61 Å².